The minimum Gasteiger partial charge on any atom is -0.388 e. The van der Waals surface area contributed by atoms with Gasteiger partial charge in [-0.25, -0.2) is 0 Å². The first kappa shape index (κ1) is 12.6. The Morgan fingerprint density at radius 3 is 2.06 bits per heavy atom. The fourth-order valence-corrected chi connectivity index (χ4v) is 2.91. The zero-order chi connectivity index (χ0) is 12.6. The highest BCUT2D eigenvalue weighted by molar-refractivity contribution is 5.45. The van der Waals surface area contributed by atoms with Gasteiger partial charge in [0.15, 0.2) is 0 Å². The van der Waals surface area contributed by atoms with E-state index in [2.05, 4.69) is 33.8 Å². The molecule has 0 radical (unpaired) electrons. The molecule has 1 saturated carbocycles. The monoisotopic (exact) mass is 232 g/mol. The van der Waals surface area contributed by atoms with Crippen molar-refractivity contribution in [3.05, 3.63) is 33.9 Å². The van der Waals surface area contributed by atoms with Crippen LogP contribution in [0.1, 0.15) is 59.6 Å². The average Bonchev–Trinajstić information content (AvgIpc) is 2.21. The largest absolute Gasteiger partial charge is 0.388 e. The summed E-state index contributed by atoms with van der Waals surface area (Å²) >= 11 is 0. The lowest BCUT2D eigenvalue weighted by Crippen LogP contribution is -2.16. The zero-order valence-electron chi connectivity index (χ0n) is 11.5. The Kier molecular flexibility index (Phi) is 3.58. The Hall–Kier alpha value is -0.820. The van der Waals surface area contributed by atoms with Gasteiger partial charge in [-0.15, -0.1) is 0 Å². The third kappa shape index (κ3) is 2.40. The number of hydrogen-bond donors (Lipinski definition) is 1. The second-order valence-corrected chi connectivity index (χ2v) is 5.72. The van der Waals surface area contributed by atoms with E-state index in [4.69, 9.17) is 0 Å². The van der Waals surface area contributed by atoms with Crippen LogP contribution in [0, 0.1) is 33.6 Å². The van der Waals surface area contributed by atoms with Crippen molar-refractivity contribution in [2.24, 2.45) is 5.92 Å². The number of rotatable bonds is 3. The molecule has 1 nitrogen and oxygen atoms in total. The number of benzene rings is 1. The van der Waals surface area contributed by atoms with Crippen LogP contribution in [0.3, 0.4) is 0 Å². The van der Waals surface area contributed by atoms with Crippen LogP contribution in [0.25, 0.3) is 0 Å². The normalized spacial score (nSPS) is 17.9. The van der Waals surface area contributed by atoms with Crippen LogP contribution in [0.2, 0.25) is 0 Å². The second kappa shape index (κ2) is 4.81. The summed E-state index contributed by atoms with van der Waals surface area (Å²) in [5, 5.41) is 10.5. The highest BCUT2D eigenvalue weighted by atomic mass is 16.3. The molecule has 0 amide bonds. The van der Waals surface area contributed by atoms with Gasteiger partial charge in [0.2, 0.25) is 0 Å². The number of aliphatic hydroxyl groups excluding tert-OH is 1. The molecule has 1 aromatic rings. The van der Waals surface area contributed by atoms with Crippen LogP contribution in [0.5, 0.6) is 0 Å². The predicted octanol–water partition coefficient (Wildman–Crippen LogP) is 4.14. The van der Waals surface area contributed by atoms with Crippen LogP contribution < -0.4 is 0 Å². The molecule has 1 aromatic carbocycles. The molecule has 94 valence electrons. The lowest BCUT2D eigenvalue weighted by molar-refractivity contribution is 0.117. The number of aryl methyl sites for hydroxylation is 2. The second-order valence-electron chi connectivity index (χ2n) is 5.72. The quantitative estimate of drug-likeness (QED) is 0.830. The Labute approximate surface area is 105 Å². The van der Waals surface area contributed by atoms with Gasteiger partial charge in [-0.3, -0.25) is 0 Å². The van der Waals surface area contributed by atoms with E-state index in [-0.39, 0.29) is 6.10 Å². The maximum atomic E-state index is 10.5. The molecule has 0 heterocycles. The number of aliphatic hydroxyl groups is 1. The van der Waals surface area contributed by atoms with Crippen LogP contribution in [-0.4, -0.2) is 5.11 Å². The summed E-state index contributed by atoms with van der Waals surface area (Å²) in [6.07, 6.45) is 4.64. The van der Waals surface area contributed by atoms with Crippen molar-refractivity contribution < 1.29 is 5.11 Å². The fourth-order valence-electron chi connectivity index (χ4n) is 2.91. The molecule has 1 heteroatoms. The first-order valence-electron chi connectivity index (χ1n) is 6.76. The van der Waals surface area contributed by atoms with Gasteiger partial charge in [0.1, 0.15) is 0 Å². The van der Waals surface area contributed by atoms with Gasteiger partial charge >= 0.3 is 0 Å². The van der Waals surface area contributed by atoms with E-state index in [1.54, 1.807) is 0 Å². The Balaban J connectivity index is 2.29. The van der Waals surface area contributed by atoms with Crippen LogP contribution >= 0.6 is 0 Å². The molecule has 1 atom stereocenters. The average molecular weight is 232 g/mol. The molecule has 1 aliphatic carbocycles. The van der Waals surface area contributed by atoms with Crippen molar-refractivity contribution in [2.75, 3.05) is 0 Å². The van der Waals surface area contributed by atoms with Gasteiger partial charge in [0, 0.05) is 0 Å². The minimum absolute atomic E-state index is 0.265. The SMILES string of the molecule is Cc1cc(C)c(C)c(C(O)CC2CCC2)c1C. The first-order chi connectivity index (χ1) is 8.00. The molecule has 1 fully saturated rings. The van der Waals surface area contributed by atoms with Gasteiger partial charge in [-0.1, -0.05) is 25.3 Å². The third-order valence-electron chi connectivity index (χ3n) is 4.54. The maximum absolute atomic E-state index is 10.5. The zero-order valence-corrected chi connectivity index (χ0v) is 11.5. The van der Waals surface area contributed by atoms with Crippen molar-refractivity contribution in [3.63, 3.8) is 0 Å². The van der Waals surface area contributed by atoms with E-state index in [0.717, 1.165) is 12.3 Å². The van der Waals surface area contributed by atoms with Crippen LogP contribution in [0.15, 0.2) is 6.07 Å². The Morgan fingerprint density at radius 2 is 1.65 bits per heavy atom. The molecule has 0 aromatic heterocycles. The van der Waals surface area contributed by atoms with Gasteiger partial charge in [-0.2, -0.15) is 0 Å². The lowest BCUT2D eigenvalue weighted by Gasteiger charge is -2.29. The molecule has 1 aliphatic rings. The molecule has 0 saturated heterocycles. The van der Waals surface area contributed by atoms with Crippen molar-refractivity contribution in [1.82, 2.24) is 0 Å². The highest BCUT2D eigenvalue weighted by Gasteiger charge is 2.24. The van der Waals surface area contributed by atoms with Crippen molar-refractivity contribution in [2.45, 2.75) is 59.5 Å². The van der Waals surface area contributed by atoms with E-state index >= 15 is 0 Å². The summed E-state index contributed by atoms with van der Waals surface area (Å²) in [5.74, 6) is 0.754. The van der Waals surface area contributed by atoms with Crippen LogP contribution in [-0.2, 0) is 0 Å². The summed E-state index contributed by atoms with van der Waals surface area (Å²) in [7, 11) is 0. The lowest BCUT2D eigenvalue weighted by atomic mass is 9.78. The summed E-state index contributed by atoms with van der Waals surface area (Å²) in [6.45, 7) is 8.56. The summed E-state index contributed by atoms with van der Waals surface area (Å²) in [5.41, 5.74) is 6.35. The van der Waals surface area contributed by atoms with E-state index in [1.807, 2.05) is 0 Å². The Bertz CT molecular complexity index is 390. The van der Waals surface area contributed by atoms with Gasteiger partial charge in [0.05, 0.1) is 6.10 Å². The van der Waals surface area contributed by atoms with Crippen LogP contribution in [0.4, 0.5) is 0 Å². The maximum Gasteiger partial charge on any atom is 0.0798 e. The molecule has 0 aliphatic heterocycles. The van der Waals surface area contributed by atoms with E-state index < -0.39 is 0 Å². The Morgan fingerprint density at radius 1 is 1.12 bits per heavy atom. The van der Waals surface area contributed by atoms with Gasteiger partial charge < -0.3 is 5.11 Å². The van der Waals surface area contributed by atoms with Crippen molar-refractivity contribution in [3.8, 4) is 0 Å². The molecular weight excluding hydrogens is 208 g/mol. The minimum atomic E-state index is -0.265. The molecule has 1 unspecified atom stereocenters. The van der Waals surface area contributed by atoms with Crippen molar-refractivity contribution in [1.29, 1.82) is 0 Å². The molecule has 1 N–H and O–H groups in total. The smallest absolute Gasteiger partial charge is 0.0798 e. The topological polar surface area (TPSA) is 20.2 Å². The predicted molar refractivity (Wildman–Crippen MR) is 72.3 cm³/mol. The fraction of sp³-hybridized carbons (Fsp3) is 0.625. The van der Waals surface area contributed by atoms with Gasteiger partial charge in [-0.05, 0) is 67.9 Å². The van der Waals surface area contributed by atoms with E-state index in [1.165, 1.54) is 47.1 Å². The first-order valence-corrected chi connectivity index (χ1v) is 6.76. The molecule has 17 heavy (non-hydrogen) atoms. The molecule has 0 spiro atoms. The molecular formula is C16H24O. The summed E-state index contributed by atoms with van der Waals surface area (Å²) in [6, 6.07) is 2.23. The highest BCUT2D eigenvalue weighted by Crippen LogP contribution is 2.37. The standard InChI is InChI=1S/C16H24O/c1-10-8-11(2)13(4)16(12(10)3)15(17)9-14-6-5-7-14/h8,14-15,17H,5-7,9H2,1-4H3. The number of hydrogen-bond acceptors (Lipinski definition) is 1. The molecule has 0 bridgehead atoms. The summed E-state index contributed by atoms with van der Waals surface area (Å²) in [4.78, 5) is 0. The third-order valence-corrected chi connectivity index (χ3v) is 4.54. The van der Waals surface area contributed by atoms with Gasteiger partial charge in [0.25, 0.3) is 0 Å². The van der Waals surface area contributed by atoms with E-state index in [0.29, 0.717) is 0 Å². The summed E-state index contributed by atoms with van der Waals surface area (Å²) < 4.78 is 0. The van der Waals surface area contributed by atoms with E-state index in [9.17, 15) is 5.11 Å². The molecule has 2 rings (SSSR count). The van der Waals surface area contributed by atoms with Crippen molar-refractivity contribution >= 4 is 0 Å².